The van der Waals surface area contributed by atoms with Gasteiger partial charge in [0.2, 0.25) is 0 Å². The lowest BCUT2D eigenvalue weighted by Crippen LogP contribution is -2.31. The summed E-state index contributed by atoms with van der Waals surface area (Å²) in [5, 5.41) is 2.69. The zero-order chi connectivity index (χ0) is 15.3. The first-order valence-electron chi connectivity index (χ1n) is 7.10. The lowest BCUT2D eigenvalue weighted by atomic mass is 9.94. The third-order valence-electron chi connectivity index (χ3n) is 3.58. The average Bonchev–Trinajstić information content (AvgIpc) is 2.45. The van der Waals surface area contributed by atoms with Gasteiger partial charge in [-0.3, -0.25) is 0 Å². The van der Waals surface area contributed by atoms with E-state index in [9.17, 15) is 13.2 Å². The number of hydrogen-bond acceptors (Lipinski definition) is 4. The minimum absolute atomic E-state index is 0.153. The summed E-state index contributed by atoms with van der Waals surface area (Å²) >= 11 is 0. The van der Waals surface area contributed by atoms with E-state index in [2.05, 4.69) is 10.3 Å². The van der Waals surface area contributed by atoms with Crippen LogP contribution in [0.4, 0.5) is 19.0 Å². The van der Waals surface area contributed by atoms with Crippen LogP contribution in [0, 0.1) is 0 Å². The maximum atomic E-state index is 12.8. The van der Waals surface area contributed by atoms with E-state index < -0.39 is 11.7 Å². The molecule has 0 aromatic carbocycles. The number of nitrogens with two attached hydrogens (primary N) is 1. The van der Waals surface area contributed by atoms with Gasteiger partial charge < -0.3 is 15.8 Å². The van der Waals surface area contributed by atoms with Crippen molar-refractivity contribution in [1.29, 1.82) is 0 Å². The van der Waals surface area contributed by atoms with Crippen molar-refractivity contribution in [2.45, 2.75) is 44.0 Å². The van der Waals surface area contributed by atoms with Crippen LogP contribution in [0.5, 0.6) is 0 Å². The highest BCUT2D eigenvalue weighted by Gasteiger charge is 2.33. The molecule has 0 amide bonds. The fourth-order valence-electron chi connectivity index (χ4n) is 2.43. The van der Waals surface area contributed by atoms with Gasteiger partial charge in [0.1, 0.15) is 5.82 Å². The number of halogens is 3. The largest absolute Gasteiger partial charge is 0.419 e. The minimum Gasteiger partial charge on any atom is -0.376 e. The van der Waals surface area contributed by atoms with Crippen molar-refractivity contribution in [2.24, 2.45) is 5.73 Å². The van der Waals surface area contributed by atoms with Crippen molar-refractivity contribution in [2.75, 3.05) is 18.5 Å². The summed E-state index contributed by atoms with van der Waals surface area (Å²) in [5.41, 5.74) is 5.05. The molecule has 0 atom stereocenters. The van der Waals surface area contributed by atoms with Crippen LogP contribution in [0.3, 0.4) is 0 Å². The Bertz CT molecular complexity index is 445. The van der Waals surface area contributed by atoms with Crippen LogP contribution in [0.1, 0.15) is 31.2 Å². The molecule has 1 aliphatic carbocycles. The molecule has 7 heteroatoms. The molecular formula is C14H20F3N3O. The van der Waals surface area contributed by atoms with Gasteiger partial charge in [0.25, 0.3) is 0 Å². The van der Waals surface area contributed by atoms with Gasteiger partial charge in [0.15, 0.2) is 0 Å². The highest BCUT2D eigenvalue weighted by molar-refractivity contribution is 5.45. The molecule has 0 radical (unpaired) electrons. The molecule has 0 saturated heterocycles. The Morgan fingerprint density at radius 1 is 1.29 bits per heavy atom. The summed E-state index contributed by atoms with van der Waals surface area (Å²) in [6, 6.07) is 2.54. The number of pyridine rings is 1. The number of hydrogen-bond donors (Lipinski definition) is 2. The summed E-state index contributed by atoms with van der Waals surface area (Å²) in [6.45, 7) is 0.649. The summed E-state index contributed by atoms with van der Waals surface area (Å²) in [7, 11) is 0. The van der Waals surface area contributed by atoms with Gasteiger partial charge in [0.05, 0.1) is 18.3 Å². The molecule has 1 heterocycles. The maximum absolute atomic E-state index is 12.8. The van der Waals surface area contributed by atoms with E-state index in [-0.39, 0.29) is 18.0 Å². The molecule has 0 bridgehead atoms. The second kappa shape index (κ2) is 7.09. The van der Waals surface area contributed by atoms with Crippen LogP contribution >= 0.6 is 0 Å². The Kier molecular flexibility index (Phi) is 5.41. The number of ether oxygens (including phenoxy) is 1. The molecule has 4 nitrogen and oxygen atoms in total. The van der Waals surface area contributed by atoms with E-state index in [0.717, 1.165) is 31.7 Å². The van der Waals surface area contributed by atoms with E-state index in [1.54, 1.807) is 0 Å². The molecule has 21 heavy (non-hydrogen) atoms. The predicted octanol–water partition coefficient (Wildman–Crippen LogP) is 2.80. The van der Waals surface area contributed by atoms with Crippen LogP contribution < -0.4 is 11.1 Å². The first-order chi connectivity index (χ1) is 9.97. The van der Waals surface area contributed by atoms with Crippen molar-refractivity contribution in [1.82, 2.24) is 4.98 Å². The summed E-state index contributed by atoms with van der Waals surface area (Å²) in [6.07, 6.45) is 0.805. The van der Waals surface area contributed by atoms with Crippen LogP contribution in [0.25, 0.3) is 0 Å². The topological polar surface area (TPSA) is 60.2 Å². The van der Waals surface area contributed by atoms with E-state index >= 15 is 0 Å². The van der Waals surface area contributed by atoms with Crippen LogP contribution in [0.2, 0.25) is 0 Å². The molecule has 1 aliphatic rings. The normalized spacial score (nSPS) is 23.0. The second-order valence-corrected chi connectivity index (χ2v) is 5.23. The minimum atomic E-state index is -4.41. The molecule has 0 spiro atoms. The van der Waals surface area contributed by atoms with Gasteiger partial charge in [-0.15, -0.1) is 0 Å². The van der Waals surface area contributed by atoms with Gasteiger partial charge in [-0.2, -0.15) is 13.2 Å². The Balaban J connectivity index is 1.76. The number of nitrogens with zero attached hydrogens (tertiary/aromatic N) is 1. The van der Waals surface area contributed by atoms with E-state index in [0.29, 0.717) is 13.2 Å². The average molecular weight is 303 g/mol. The SMILES string of the molecule is NC1CCC(OCCNc2ncccc2C(F)(F)F)CC1. The van der Waals surface area contributed by atoms with Gasteiger partial charge in [-0.05, 0) is 37.8 Å². The predicted molar refractivity (Wildman–Crippen MR) is 73.9 cm³/mol. The monoisotopic (exact) mass is 303 g/mol. The van der Waals surface area contributed by atoms with Crippen LogP contribution in [0.15, 0.2) is 18.3 Å². The van der Waals surface area contributed by atoms with Crippen LogP contribution in [-0.4, -0.2) is 30.3 Å². The molecule has 1 aromatic heterocycles. The van der Waals surface area contributed by atoms with Gasteiger partial charge in [0, 0.05) is 18.8 Å². The molecule has 2 rings (SSSR count). The number of anilines is 1. The highest BCUT2D eigenvalue weighted by atomic mass is 19.4. The zero-order valence-corrected chi connectivity index (χ0v) is 11.7. The van der Waals surface area contributed by atoms with Gasteiger partial charge >= 0.3 is 6.18 Å². The van der Waals surface area contributed by atoms with Crippen LogP contribution in [-0.2, 0) is 10.9 Å². The molecule has 118 valence electrons. The van der Waals surface area contributed by atoms with Crippen molar-refractivity contribution in [3.05, 3.63) is 23.9 Å². The number of rotatable bonds is 5. The van der Waals surface area contributed by atoms with Crippen molar-refractivity contribution < 1.29 is 17.9 Å². The summed E-state index contributed by atoms with van der Waals surface area (Å²) < 4.78 is 43.9. The Morgan fingerprint density at radius 3 is 2.67 bits per heavy atom. The number of nitrogens with one attached hydrogen (secondary N) is 1. The first-order valence-corrected chi connectivity index (χ1v) is 7.10. The lowest BCUT2D eigenvalue weighted by Gasteiger charge is -2.26. The Labute approximate surface area is 121 Å². The molecule has 1 fully saturated rings. The van der Waals surface area contributed by atoms with E-state index in [1.165, 1.54) is 12.3 Å². The fraction of sp³-hybridized carbons (Fsp3) is 0.643. The third kappa shape index (κ3) is 4.86. The van der Waals surface area contributed by atoms with Crippen molar-refractivity contribution >= 4 is 5.82 Å². The second-order valence-electron chi connectivity index (χ2n) is 5.23. The van der Waals surface area contributed by atoms with Crippen molar-refractivity contribution in [3.63, 3.8) is 0 Å². The smallest absolute Gasteiger partial charge is 0.376 e. The Hall–Kier alpha value is -1.34. The fourth-order valence-corrected chi connectivity index (χ4v) is 2.43. The molecule has 1 saturated carbocycles. The number of alkyl halides is 3. The quantitative estimate of drug-likeness (QED) is 0.821. The molecule has 1 aromatic rings. The standard InChI is InChI=1S/C14H20F3N3O/c15-14(16,17)12-2-1-7-19-13(12)20-8-9-21-11-5-3-10(18)4-6-11/h1-2,7,10-11H,3-6,8-9,18H2,(H,19,20). The number of aromatic nitrogens is 1. The molecular weight excluding hydrogens is 283 g/mol. The van der Waals surface area contributed by atoms with Gasteiger partial charge in [-0.25, -0.2) is 4.98 Å². The first kappa shape index (κ1) is 16.0. The maximum Gasteiger partial charge on any atom is 0.419 e. The molecule has 3 N–H and O–H groups in total. The lowest BCUT2D eigenvalue weighted by molar-refractivity contribution is -0.137. The van der Waals surface area contributed by atoms with Crippen molar-refractivity contribution in [3.8, 4) is 0 Å². The molecule has 0 unspecified atom stereocenters. The van der Waals surface area contributed by atoms with Gasteiger partial charge in [-0.1, -0.05) is 0 Å². The zero-order valence-electron chi connectivity index (χ0n) is 11.7. The third-order valence-corrected chi connectivity index (χ3v) is 3.58. The summed E-state index contributed by atoms with van der Waals surface area (Å²) in [5.74, 6) is -0.153. The van der Waals surface area contributed by atoms with E-state index in [1.807, 2.05) is 0 Å². The summed E-state index contributed by atoms with van der Waals surface area (Å²) in [4.78, 5) is 3.74. The molecule has 0 aliphatic heterocycles. The van der Waals surface area contributed by atoms with E-state index in [4.69, 9.17) is 10.5 Å². The Morgan fingerprint density at radius 2 is 2.00 bits per heavy atom. The highest BCUT2D eigenvalue weighted by Crippen LogP contribution is 2.33.